The normalized spacial score (nSPS) is 9.79. The summed E-state index contributed by atoms with van der Waals surface area (Å²) in [5.41, 5.74) is -0.807. The quantitative estimate of drug-likeness (QED) is 0.371. The number of ether oxygens (including phenoxy) is 1. The molecule has 4 nitrogen and oxygen atoms in total. The number of aromatic nitrogens is 1. The highest BCUT2D eigenvalue weighted by molar-refractivity contribution is 6.51. The topological polar surface area (TPSA) is 59.4 Å². The molecule has 0 spiro atoms. The highest BCUT2D eigenvalue weighted by Crippen LogP contribution is 2.08. The first-order valence-corrected chi connectivity index (χ1v) is 3.60. The van der Waals surface area contributed by atoms with Gasteiger partial charge in [0.2, 0.25) is 0 Å². The van der Waals surface area contributed by atoms with Gasteiger partial charge in [-0.1, -0.05) is 5.46 Å². The van der Waals surface area contributed by atoms with Gasteiger partial charge in [0.05, 0.1) is 12.7 Å². The van der Waals surface area contributed by atoms with E-state index >= 15 is 0 Å². The lowest BCUT2D eigenvalue weighted by Gasteiger charge is -2.11. The lowest BCUT2D eigenvalue weighted by atomic mass is 9.79. The van der Waals surface area contributed by atoms with E-state index in [1.165, 1.54) is 0 Å². The number of hydrogen-bond donors (Lipinski definition) is 1. The van der Waals surface area contributed by atoms with Gasteiger partial charge in [-0.15, -0.1) is 0 Å². The van der Waals surface area contributed by atoms with Gasteiger partial charge in [-0.05, 0) is 5.59 Å². The number of carbonyl (C=O) groups is 1. The van der Waals surface area contributed by atoms with Gasteiger partial charge in [-0.3, -0.25) is 4.98 Å². The Kier molecular flexibility index (Phi) is 2.88. The lowest BCUT2D eigenvalue weighted by molar-refractivity contribution is 0.0599. The summed E-state index contributed by atoms with van der Waals surface area (Å²) in [6.07, 6.45) is 0. The fourth-order valence-corrected chi connectivity index (χ4v) is 0.935. The second-order valence-electron chi connectivity index (χ2n) is 2.51. The molecule has 0 fully saturated rings. The van der Waals surface area contributed by atoms with Crippen LogP contribution >= 0.6 is 0 Å². The molecule has 1 heterocycles. The standard InChI is InChI=1S/C7H4B3NO3/c1-14-7(13)2-3(8)5(9)11-6(10)4(2)12/h12H,1H3. The first kappa shape index (κ1) is 10.7. The van der Waals surface area contributed by atoms with Crippen molar-refractivity contribution in [1.29, 1.82) is 0 Å². The van der Waals surface area contributed by atoms with Crippen molar-refractivity contribution < 1.29 is 14.6 Å². The van der Waals surface area contributed by atoms with E-state index in [1.807, 2.05) is 0 Å². The Labute approximate surface area is 84.9 Å². The molecular formula is C7H4B3NO3. The molecule has 0 atom stereocenters. The third-order valence-corrected chi connectivity index (χ3v) is 1.66. The van der Waals surface area contributed by atoms with E-state index in [0.29, 0.717) is 0 Å². The molecule has 0 amide bonds. The van der Waals surface area contributed by atoms with E-state index in [9.17, 15) is 9.90 Å². The van der Waals surface area contributed by atoms with Crippen molar-refractivity contribution in [3.05, 3.63) is 5.56 Å². The maximum Gasteiger partial charge on any atom is 0.341 e. The highest BCUT2D eigenvalue weighted by atomic mass is 16.5. The largest absolute Gasteiger partial charge is 0.506 e. The van der Waals surface area contributed by atoms with Crippen molar-refractivity contribution in [2.24, 2.45) is 0 Å². The van der Waals surface area contributed by atoms with Crippen LogP contribution in [0.25, 0.3) is 0 Å². The SMILES string of the molecule is [B]c1nc([B])c(O)c(C(=O)OC)c1[B]. The van der Waals surface area contributed by atoms with Gasteiger partial charge in [0.1, 0.15) is 29.3 Å². The summed E-state index contributed by atoms with van der Waals surface area (Å²) in [5, 5.41) is 9.38. The maximum atomic E-state index is 11.2. The summed E-state index contributed by atoms with van der Waals surface area (Å²) in [6, 6.07) is 0. The molecule has 0 saturated heterocycles. The molecule has 1 aromatic heterocycles. The monoisotopic (exact) mass is 183 g/mol. The number of hydrogen-bond acceptors (Lipinski definition) is 4. The van der Waals surface area contributed by atoms with Crippen molar-refractivity contribution in [3.8, 4) is 5.75 Å². The molecule has 0 bridgehead atoms. The summed E-state index contributed by atoms with van der Waals surface area (Å²) in [7, 11) is 17.2. The van der Waals surface area contributed by atoms with Gasteiger partial charge < -0.3 is 9.84 Å². The Balaban J connectivity index is 3.47. The van der Waals surface area contributed by atoms with Crippen LogP contribution in [0.15, 0.2) is 0 Å². The molecule has 0 aliphatic rings. The summed E-state index contributed by atoms with van der Waals surface area (Å²) < 4.78 is 4.39. The van der Waals surface area contributed by atoms with Crippen molar-refractivity contribution in [3.63, 3.8) is 0 Å². The Bertz CT molecular complexity index is 368. The van der Waals surface area contributed by atoms with Crippen LogP contribution in [0.2, 0.25) is 0 Å². The van der Waals surface area contributed by atoms with Crippen LogP contribution < -0.4 is 16.6 Å². The van der Waals surface area contributed by atoms with E-state index < -0.39 is 11.7 Å². The van der Waals surface area contributed by atoms with Gasteiger partial charge in [0.15, 0.2) is 0 Å². The minimum absolute atomic E-state index is 0.124. The van der Waals surface area contributed by atoms with Crippen molar-refractivity contribution in [2.45, 2.75) is 0 Å². The van der Waals surface area contributed by atoms with Crippen LogP contribution in [0, 0.1) is 0 Å². The predicted octanol–water partition coefficient (Wildman–Crippen LogP) is -3.04. The second-order valence-corrected chi connectivity index (χ2v) is 2.51. The second kappa shape index (κ2) is 3.78. The Morgan fingerprint density at radius 2 is 1.93 bits per heavy atom. The number of aromatic hydroxyl groups is 1. The van der Waals surface area contributed by atoms with Crippen molar-refractivity contribution in [2.75, 3.05) is 7.11 Å². The molecule has 7 heteroatoms. The lowest BCUT2D eigenvalue weighted by Crippen LogP contribution is -2.39. The van der Waals surface area contributed by atoms with E-state index in [1.54, 1.807) is 0 Å². The first-order chi connectivity index (χ1) is 6.49. The number of carbonyl (C=O) groups excluding carboxylic acids is 1. The Morgan fingerprint density at radius 1 is 1.36 bits per heavy atom. The number of nitrogens with zero attached hydrogens (tertiary/aromatic N) is 1. The zero-order chi connectivity index (χ0) is 10.9. The van der Waals surface area contributed by atoms with Crippen LogP contribution in [0.5, 0.6) is 5.75 Å². The van der Waals surface area contributed by atoms with Crippen LogP contribution in [-0.4, -0.2) is 46.7 Å². The number of rotatable bonds is 1. The number of esters is 1. The molecule has 0 aliphatic carbocycles. The average Bonchev–Trinajstić information content (AvgIpc) is 2.15. The molecule has 64 valence electrons. The molecule has 14 heavy (non-hydrogen) atoms. The zero-order valence-corrected chi connectivity index (χ0v) is 7.44. The van der Waals surface area contributed by atoms with Crippen LogP contribution in [-0.2, 0) is 4.74 Å². The van der Waals surface area contributed by atoms with Gasteiger partial charge in [0.25, 0.3) is 0 Å². The zero-order valence-electron chi connectivity index (χ0n) is 7.44. The summed E-state index contributed by atoms with van der Waals surface area (Å²) in [5.74, 6) is -1.34. The first-order valence-electron chi connectivity index (χ1n) is 3.60. The molecule has 0 unspecified atom stereocenters. The fraction of sp³-hybridized carbons (Fsp3) is 0.143. The van der Waals surface area contributed by atoms with Gasteiger partial charge in [-0.2, -0.15) is 0 Å². The third-order valence-electron chi connectivity index (χ3n) is 1.66. The highest BCUT2D eigenvalue weighted by Gasteiger charge is 2.18. The minimum atomic E-state index is -0.819. The van der Waals surface area contributed by atoms with E-state index in [0.717, 1.165) is 7.11 Å². The molecular weight excluding hydrogens is 179 g/mol. The van der Waals surface area contributed by atoms with Crippen LogP contribution in [0.1, 0.15) is 10.4 Å². The average molecular weight is 183 g/mol. The molecule has 0 saturated carbocycles. The predicted molar refractivity (Wildman–Crippen MR) is 53.4 cm³/mol. The molecule has 0 aliphatic heterocycles. The Hall–Kier alpha value is -1.39. The number of methoxy groups -OCH3 is 1. The van der Waals surface area contributed by atoms with Crippen molar-refractivity contribution >= 4 is 46.2 Å². The van der Waals surface area contributed by atoms with E-state index in [-0.39, 0.29) is 22.2 Å². The maximum absolute atomic E-state index is 11.2. The Morgan fingerprint density at radius 3 is 2.43 bits per heavy atom. The van der Waals surface area contributed by atoms with Gasteiger partial charge >= 0.3 is 5.97 Å². The van der Waals surface area contributed by atoms with E-state index in [4.69, 9.17) is 23.5 Å². The van der Waals surface area contributed by atoms with E-state index in [2.05, 4.69) is 9.72 Å². The smallest absolute Gasteiger partial charge is 0.341 e. The molecule has 1 rings (SSSR count). The number of pyridine rings is 1. The molecule has 6 radical (unpaired) electrons. The summed E-state index contributed by atoms with van der Waals surface area (Å²) in [6.45, 7) is 0. The molecule has 0 aromatic carbocycles. The van der Waals surface area contributed by atoms with Gasteiger partial charge in [0, 0.05) is 5.59 Å². The summed E-state index contributed by atoms with van der Waals surface area (Å²) in [4.78, 5) is 14.7. The molecule has 1 N–H and O–H groups in total. The van der Waals surface area contributed by atoms with Gasteiger partial charge in [-0.25, -0.2) is 4.79 Å². The van der Waals surface area contributed by atoms with Crippen LogP contribution in [0.3, 0.4) is 0 Å². The minimum Gasteiger partial charge on any atom is -0.506 e. The third kappa shape index (κ3) is 1.62. The molecule has 1 aromatic rings. The van der Waals surface area contributed by atoms with Crippen molar-refractivity contribution in [1.82, 2.24) is 4.98 Å². The fourth-order valence-electron chi connectivity index (χ4n) is 0.935. The summed E-state index contributed by atoms with van der Waals surface area (Å²) >= 11 is 0. The van der Waals surface area contributed by atoms with Crippen LogP contribution in [0.4, 0.5) is 0 Å².